The van der Waals surface area contributed by atoms with Gasteiger partial charge in [0.15, 0.2) is 0 Å². The summed E-state index contributed by atoms with van der Waals surface area (Å²) in [6.07, 6.45) is 3.20. The van der Waals surface area contributed by atoms with Crippen molar-refractivity contribution in [3.8, 4) is 0 Å². The summed E-state index contributed by atoms with van der Waals surface area (Å²) in [6.45, 7) is 8.82. The minimum absolute atomic E-state index is 0. The van der Waals surface area contributed by atoms with Crippen molar-refractivity contribution in [1.29, 1.82) is 0 Å². The first kappa shape index (κ1) is 16.6. The highest BCUT2D eigenvalue weighted by atomic mass is 35.5. The molecule has 0 aromatic carbocycles. The fraction of sp³-hybridized carbons (Fsp3) is 1.00. The molecule has 0 atom stereocenters. The third kappa shape index (κ3) is 7.56. The van der Waals surface area contributed by atoms with Gasteiger partial charge < -0.3 is 9.57 Å². The average Bonchev–Trinajstić information content (AvgIpc) is 2.17. The first-order chi connectivity index (χ1) is 6.18. The fourth-order valence-corrected chi connectivity index (χ4v) is 1.02. The van der Waals surface area contributed by atoms with Crippen LogP contribution in [-0.4, -0.2) is 19.8 Å². The molecule has 4 heteroatoms. The topological polar surface area (TPSA) is 44.5 Å². The highest BCUT2D eigenvalue weighted by molar-refractivity contribution is 5.85. The van der Waals surface area contributed by atoms with Gasteiger partial charge in [-0.3, -0.25) is 0 Å². The molecule has 0 aliphatic rings. The van der Waals surface area contributed by atoms with E-state index in [9.17, 15) is 0 Å². The molecule has 0 spiro atoms. The van der Waals surface area contributed by atoms with Gasteiger partial charge in [0.2, 0.25) is 0 Å². The van der Waals surface area contributed by atoms with E-state index in [1.54, 1.807) is 0 Å². The zero-order valence-corrected chi connectivity index (χ0v) is 10.4. The lowest BCUT2D eigenvalue weighted by Crippen LogP contribution is -2.22. The monoisotopic (exact) mass is 225 g/mol. The van der Waals surface area contributed by atoms with Crippen LogP contribution >= 0.6 is 12.4 Å². The summed E-state index contributed by atoms with van der Waals surface area (Å²) in [5, 5.41) is 0. The predicted molar refractivity (Wildman–Crippen MR) is 61.5 cm³/mol. The summed E-state index contributed by atoms with van der Waals surface area (Å²) in [5.41, 5.74) is 0.337. The van der Waals surface area contributed by atoms with Gasteiger partial charge >= 0.3 is 0 Å². The molecule has 14 heavy (non-hydrogen) atoms. The Bertz CT molecular complexity index is 119. The third-order valence-corrected chi connectivity index (χ3v) is 2.71. The van der Waals surface area contributed by atoms with Gasteiger partial charge in [0.1, 0.15) is 0 Å². The van der Waals surface area contributed by atoms with E-state index in [4.69, 9.17) is 10.6 Å². The van der Waals surface area contributed by atoms with Crippen LogP contribution in [0.4, 0.5) is 0 Å². The molecule has 0 aliphatic carbocycles. The Kier molecular flexibility index (Phi) is 11.5. The summed E-state index contributed by atoms with van der Waals surface area (Å²) >= 11 is 0. The van der Waals surface area contributed by atoms with E-state index < -0.39 is 0 Å². The van der Waals surface area contributed by atoms with Crippen LogP contribution in [0.15, 0.2) is 0 Å². The normalized spacial score (nSPS) is 11.1. The molecular formula is C10H24ClNO2. The van der Waals surface area contributed by atoms with Crippen LogP contribution in [0, 0.1) is 5.41 Å². The molecule has 0 aromatic rings. The minimum atomic E-state index is 0. The van der Waals surface area contributed by atoms with E-state index in [0.717, 1.165) is 32.5 Å². The lowest BCUT2D eigenvalue weighted by atomic mass is 9.86. The van der Waals surface area contributed by atoms with Crippen LogP contribution < -0.4 is 5.90 Å². The highest BCUT2D eigenvalue weighted by Gasteiger charge is 2.19. The van der Waals surface area contributed by atoms with E-state index in [0.29, 0.717) is 12.0 Å². The molecule has 0 unspecified atom stereocenters. The molecule has 0 aromatic heterocycles. The number of rotatable bonds is 8. The van der Waals surface area contributed by atoms with Gasteiger partial charge in [-0.1, -0.05) is 20.8 Å². The van der Waals surface area contributed by atoms with Gasteiger partial charge in [0.25, 0.3) is 0 Å². The largest absolute Gasteiger partial charge is 0.381 e. The molecule has 0 bridgehead atoms. The van der Waals surface area contributed by atoms with E-state index >= 15 is 0 Å². The van der Waals surface area contributed by atoms with E-state index in [2.05, 4.69) is 25.6 Å². The number of ether oxygens (including phenoxy) is 1. The fourth-order valence-electron chi connectivity index (χ4n) is 1.02. The molecule has 0 saturated carbocycles. The SMILES string of the molecule is CCC(C)(CC)COCCCON.Cl. The van der Waals surface area contributed by atoms with Crippen molar-refractivity contribution in [3.63, 3.8) is 0 Å². The molecule has 0 radical (unpaired) electrons. The predicted octanol–water partition coefficient (Wildman–Crippen LogP) is 2.53. The second-order valence-electron chi connectivity index (χ2n) is 3.79. The molecule has 3 nitrogen and oxygen atoms in total. The third-order valence-electron chi connectivity index (χ3n) is 2.71. The Labute approximate surface area is 93.7 Å². The van der Waals surface area contributed by atoms with E-state index in [-0.39, 0.29) is 12.4 Å². The van der Waals surface area contributed by atoms with Gasteiger partial charge in [-0.05, 0) is 24.7 Å². The van der Waals surface area contributed by atoms with Gasteiger partial charge in [0, 0.05) is 6.61 Å². The number of hydrogen-bond donors (Lipinski definition) is 1. The Hall–Kier alpha value is 0.170. The molecule has 0 aliphatic heterocycles. The second-order valence-corrected chi connectivity index (χ2v) is 3.79. The van der Waals surface area contributed by atoms with Crippen LogP contribution in [0.25, 0.3) is 0 Å². The number of hydrogen-bond acceptors (Lipinski definition) is 3. The first-order valence-electron chi connectivity index (χ1n) is 5.08. The van der Waals surface area contributed by atoms with Crippen molar-refractivity contribution in [2.24, 2.45) is 11.3 Å². The molecule has 0 heterocycles. The minimum Gasteiger partial charge on any atom is -0.381 e. The maximum absolute atomic E-state index is 5.55. The van der Waals surface area contributed by atoms with Crippen LogP contribution in [-0.2, 0) is 9.57 Å². The van der Waals surface area contributed by atoms with Crippen molar-refractivity contribution >= 4 is 12.4 Å². The summed E-state index contributed by atoms with van der Waals surface area (Å²) < 4.78 is 5.55. The quantitative estimate of drug-likeness (QED) is 0.510. The molecule has 0 saturated heterocycles. The Morgan fingerprint density at radius 2 is 1.71 bits per heavy atom. The summed E-state index contributed by atoms with van der Waals surface area (Å²) in [4.78, 5) is 4.45. The molecule has 0 rings (SSSR count). The van der Waals surface area contributed by atoms with Crippen LogP contribution in [0.3, 0.4) is 0 Å². The van der Waals surface area contributed by atoms with Gasteiger partial charge in [-0.2, -0.15) is 0 Å². The van der Waals surface area contributed by atoms with Crippen molar-refractivity contribution in [3.05, 3.63) is 0 Å². The molecule has 0 fully saturated rings. The lowest BCUT2D eigenvalue weighted by Gasteiger charge is -2.26. The summed E-state index contributed by atoms with van der Waals surface area (Å²) in [5.74, 6) is 4.89. The van der Waals surface area contributed by atoms with Crippen molar-refractivity contribution in [1.82, 2.24) is 0 Å². The average molecular weight is 226 g/mol. The zero-order chi connectivity index (χ0) is 10.2. The van der Waals surface area contributed by atoms with Crippen LogP contribution in [0.2, 0.25) is 0 Å². The number of halogens is 1. The van der Waals surface area contributed by atoms with E-state index in [1.807, 2.05) is 0 Å². The smallest absolute Gasteiger partial charge is 0.0701 e. The van der Waals surface area contributed by atoms with Gasteiger partial charge in [-0.25, -0.2) is 5.90 Å². The molecule has 88 valence electrons. The Morgan fingerprint density at radius 1 is 1.14 bits per heavy atom. The number of nitrogens with two attached hydrogens (primary N) is 1. The van der Waals surface area contributed by atoms with Crippen LogP contribution in [0.5, 0.6) is 0 Å². The Balaban J connectivity index is 0. The standard InChI is InChI=1S/C10H23NO2.ClH/c1-4-10(3,5-2)9-12-7-6-8-13-11;/h4-9,11H2,1-3H3;1H. The lowest BCUT2D eigenvalue weighted by molar-refractivity contribution is 0.0320. The van der Waals surface area contributed by atoms with E-state index in [1.165, 1.54) is 0 Å². The molecular weight excluding hydrogens is 202 g/mol. The molecule has 0 amide bonds. The van der Waals surface area contributed by atoms with Crippen molar-refractivity contribution < 1.29 is 9.57 Å². The molecule has 2 N–H and O–H groups in total. The highest BCUT2D eigenvalue weighted by Crippen LogP contribution is 2.25. The van der Waals surface area contributed by atoms with Gasteiger partial charge in [0.05, 0.1) is 13.2 Å². The van der Waals surface area contributed by atoms with Gasteiger partial charge in [-0.15, -0.1) is 12.4 Å². The zero-order valence-electron chi connectivity index (χ0n) is 9.54. The summed E-state index contributed by atoms with van der Waals surface area (Å²) in [7, 11) is 0. The van der Waals surface area contributed by atoms with Crippen LogP contribution in [0.1, 0.15) is 40.0 Å². The summed E-state index contributed by atoms with van der Waals surface area (Å²) in [6, 6.07) is 0. The van der Waals surface area contributed by atoms with Crippen molar-refractivity contribution in [2.75, 3.05) is 19.8 Å². The maximum atomic E-state index is 5.55. The van der Waals surface area contributed by atoms with Crippen molar-refractivity contribution in [2.45, 2.75) is 40.0 Å². The first-order valence-corrected chi connectivity index (χ1v) is 5.08. The Morgan fingerprint density at radius 3 is 2.14 bits per heavy atom. The maximum Gasteiger partial charge on any atom is 0.0701 e. The second kappa shape index (κ2) is 9.71.